The van der Waals surface area contributed by atoms with E-state index in [9.17, 15) is 4.79 Å². The van der Waals surface area contributed by atoms with Gasteiger partial charge in [-0.3, -0.25) is 4.90 Å². The van der Waals surface area contributed by atoms with Gasteiger partial charge in [0.15, 0.2) is 0 Å². The van der Waals surface area contributed by atoms with Crippen LogP contribution in [0.25, 0.3) is 0 Å². The summed E-state index contributed by atoms with van der Waals surface area (Å²) < 4.78 is 5.10. The Balaban J connectivity index is 1.51. The highest BCUT2D eigenvalue weighted by Crippen LogP contribution is 2.25. The van der Waals surface area contributed by atoms with Gasteiger partial charge >= 0.3 is 6.03 Å². The maximum Gasteiger partial charge on any atom is 0.321 e. The van der Waals surface area contributed by atoms with Crippen LogP contribution in [0.15, 0.2) is 39.8 Å². The fourth-order valence-corrected chi connectivity index (χ4v) is 3.33. The SMILES string of the molecule is CSc1ccccc1NC(=O)N1CCN(Cc2cc(C)on2)CC1. The van der Waals surface area contributed by atoms with E-state index in [1.165, 1.54) is 0 Å². The molecule has 1 aliphatic heterocycles. The standard InChI is InChI=1S/C17H22N4O2S/c1-13-11-14(19-23-13)12-20-7-9-21(10-8-20)17(22)18-15-5-3-4-6-16(15)24-2/h3-6,11H,7-10,12H2,1-2H3,(H,18,22). The normalized spacial score (nSPS) is 15.5. The van der Waals surface area contributed by atoms with Crippen molar-refractivity contribution < 1.29 is 9.32 Å². The highest BCUT2D eigenvalue weighted by Gasteiger charge is 2.22. The maximum absolute atomic E-state index is 12.5. The van der Waals surface area contributed by atoms with E-state index in [-0.39, 0.29) is 6.03 Å². The predicted octanol–water partition coefficient (Wildman–Crippen LogP) is 3.05. The van der Waals surface area contributed by atoms with Gasteiger partial charge in [0.25, 0.3) is 0 Å². The number of aromatic nitrogens is 1. The Morgan fingerprint density at radius 3 is 2.71 bits per heavy atom. The minimum atomic E-state index is -0.0339. The molecule has 2 amide bonds. The molecule has 2 aromatic rings. The minimum absolute atomic E-state index is 0.0339. The summed E-state index contributed by atoms with van der Waals surface area (Å²) in [7, 11) is 0. The van der Waals surface area contributed by atoms with Crippen molar-refractivity contribution in [1.82, 2.24) is 15.0 Å². The van der Waals surface area contributed by atoms with Crippen LogP contribution in [0.4, 0.5) is 10.5 Å². The minimum Gasteiger partial charge on any atom is -0.361 e. The van der Waals surface area contributed by atoms with Gasteiger partial charge in [0, 0.05) is 43.7 Å². The summed E-state index contributed by atoms with van der Waals surface area (Å²) in [5.41, 5.74) is 1.81. The molecule has 1 aromatic carbocycles. The van der Waals surface area contributed by atoms with Gasteiger partial charge in [0.2, 0.25) is 0 Å². The molecular weight excluding hydrogens is 324 g/mol. The highest BCUT2D eigenvalue weighted by atomic mass is 32.2. The van der Waals surface area contributed by atoms with E-state index >= 15 is 0 Å². The van der Waals surface area contributed by atoms with Crippen molar-refractivity contribution in [3.8, 4) is 0 Å². The second-order valence-electron chi connectivity index (χ2n) is 5.82. The van der Waals surface area contributed by atoms with Crippen LogP contribution in [-0.2, 0) is 6.54 Å². The first-order valence-corrected chi connectivity index (χ1v) is 9.21. The van der Waals surface area contributed by atoms with Gasteiger partial charge in [-0.15, -0.1) is 11.8 Å². The lowest BCUT2D eigenvalue weighted by atomic mass is 10.3. The monoisotopic (exact) mass is 346 g/mol. The van der Waals surface area contributed by atoms with Crippen LogP contribution in [0.1, 0.15) is 11.5 Å². The number of urea groups is 1. The lowest BCUT2D eigenvalue weighted by molar-refractivity contribution is 0.141. The molecule has 0 atom stereocenters. The molecule has 1 N–H and O–H groups in total. The largest absolute Gasteiger partial charge is 0.361 e. The summed E-state index contributed by atoms with van der Waals surface area (Å²) in [6.07, 6.45) is 2.01. The first kappa shape index (κ1) is 16.9. The fourth-order valence-electron chi connectivity index (χ4n) is 2.77. The number of aryl methyl sites for hydroxylation is 1. The Kier molecular flexibility index (Phi) is 5.42. The molecule has 128 valence electrons. The molecule has 0 spiro atoms. The van der Waals surface area contributed by atoms with Gasteiger partial charge in [-0.25, -0.2) is 4.79 Å². The molecule has 0 unspecified atom stereocenters. The summed E-state index contributed by atoms with van der Waals surface area (Å²) in [6, 6.07) is 9.79. The zero-order chi connectivity index (χ0) is 16.9. The van der Waals surface area contributed by atoms with Gasteiger partial charge in [-0.2, -0.15) is 0 Å². The third-order valence-electron chi connectivity index (χ3n) is 4.07. The topological polar surface area (TPSA) is 61.6 Å². The summed E-state index contributed by atoms with van der Waals surface area (Å²) in [4.78, 5) is 17.7. The number of benzene rings is 1. The van der Waals surface area contributed by atoms with E-state index in [1.807, 2.05) is 48.4 Å². The van der Waals surface area contributed by atoms with Crippen LogP contribution in [0, 0.1) is 6.92 Å². The van der Waals surface area contributed by atoms with Gasteiger partial charge < -0.3 is 14.7 Å². The lowest BCUT2D eigenvalue weighted by Gasteiger charge is -2.34. The summed E-state index contributed by atoms with van der Waals surface area (Å²) >= 11 is 1.63. The average molecular weight is 346 g/mol. The van der Waals surface area contributed by atoms with Gasteiger partial charge in [0.05, 0.1) is 11.4 Å². The number of anilines is 1. The van der Waals surface area contributed by atoms with Gasteiger partial charge in [-0.05, 0) is 25.3 Å². The van der Waals surface area contributed by atoms with Crippen LogP contribution in [-0.4, -0.2) is 53.4 Å². The third kappa shape index (κ3) is 4.10. The second-order valence-corrected chi connectivity index (χ2v) is 6.67. The molecule has 0 saturated carbocycles. The predicted molar refractivity (Wildman–Crippen MR) is 95.3 cm³/mol. The number of para-hydroxylation sites is 1. The molecule has 1 fully saturated rings. The highest BCUT2D eigenvalue weighted by molar-refractivity contribution is 7.98. The first-order chi connectivity index (χ1) is 11.7. The molecule has 1 aromatic heterocycles. The van der Waals surface area contributed by atoms with Crippen LogP contribution in [0.3, 0.4) is 0 Å². The molecule has 1 aliphatic rings. The molecule has 2 heterocycles. The molecule has 24 heavy (non-hydrogen) atoms. The summed E-state index contributed by atoms with van der Waals surface area (Å²) in [6.45, 7) is 5.76. The summed E-state index contributed by atoms with van der Waals surface area (Å²) in [5.74, 6) is 0.829. The van der Waals surface area contributed by atoms with Gasteiger partial charge in [0.1, 0.15) is 5.76 Å². The van der Waals surface area contributed by atoms with E-state index in [4.69, 9.17) is 4.52 Å². The lowest BCUT2D eigenvalue weighted by Crippen LogP contribution is -2.49. The molecule has 1 saturated heterocycles. The van der Waals surface area contributed by atoms with Crippen molar-refractivity contribution in [3.05, 3.63) is 41.8 Å². The second kappa shape index (κ2) is 7.72. The molecule has 3 rings (SSSR count). The van der Waals surface area contributed by atoms with Crippen molar-refractivity contribution in [1.29, 1.82) is 0 Å². The van der Waals surface area contributed by atoms with Crippen molar-refractivity contribution in [3.63, 3.8) is 0 Å². The Labute approximate surface area is 146 Å². The molecule has 0 radical (unpaired) electrons. The Morgan fingerprint density at radius 1 is 1.29 bits per heavy atom. The van der Waals surface area contributed by atoms with E-state index < -0.39 is 0 Å². The number of amides is 2. The smallest absolute Gasteiger partial charge is 0.321 e. The molecule has 0 bridgehead atoms. The molecular formula is C17H22N4O2S. The van der Waals surface area contributed by atoms with Crippen LogP contribution < -0.4 is 5.32 Å². The number of hydrogen-bond donors (Lipinski definition) is 1. The first-order valence-electron chi connectivity index (χ1n) is 7.99. The van der Waals surface area contributed by atoms with E-state index in [1.54, 1.807) is 11.8 Å². The number of nitrogens with zero attached hydrogens (tertiary/aromatic N) is 3. The van der Waals surface area contributed by atoms with E-state index in [0.717, 1.165) is 41.7 Å². The van der Waals surface area contributed by atoms with E-state index in [0.29, 0.717) is 13.1 Å². The number of thioether (sulfide) groups is 1. The van der Waals surface area contributed by atoms with Crippen LogP contribution in [0.2, 0.25) is 0 Å². The summed E-state index contributed by atoms with van der Waals surface area (Å²) in [5, 5.41) is 7.05. The van der Waals surface area contributed by atoms with Crippen molar-refractivity contribution in [2.24, 2.45) is 0 Å². The zero-order valence-electron chi connectivity index (χ0n) is 14.0. The third-order valence-corrected chi connectivity index (χ3v) is 4.87. The number of nitrogens with one attached hydrogen (secondary N) is 1. The van der Waals surface area contributed by atoms with E-state index in [2.05, 4.69) is 15.4 Å². The van der Waals surface area contributed by atoms with Crippen molar-refractivity contribution in [2.45, 2.75) is 18.4 Å². The number of carbonyl (C=O) groups is 1. The number of piperazine rings is 1. The van der Waals surface area contributed by atoms with Crippen LogP contribution in [0.5, 0.6) is 0 Å². The fraction of sp³-hybridized carbons (Fsp3) is 0.412. The molecule has 0 aliphatic carbocycles. The number of rotatable bonds is 4. The zero-order valence-corrected chi connectivity index (χ0v) is 14.8. The average Bonchev–Trinajstić information content (AvgIpc) is 3.01. The quantitative estimate of drug-likeness (QED) is 0.862. The van der Waals surface area contributed by atoms with Crippen LogP contribution >= 0.6 is 11.8 Å². The van der Waals surface area contributed by atoms with Gasteiger partial charge in [-0.1, -0.05) is 17.3 Å². The molecule has 7 heteroatoms. The Hall–Kier alpha value is -1.99. The maximum atomic E-state index is 12.5. The van der Waals surface area contributed by atoms with Crippen molar-refractivity contribution in [2.75, 3.05) is 37.8 Å². The Bertz CT molecular complexity index is 695. The number of hydrogen-bond acceptors (Lipinski definition) is 5. The Morgan fingerprint density at radius 2 is 2.04 bits per heavy atom. The number of carbonyl (C=O) groups excluding carboxylic acids is 1. The van der Waals surface area contributed by atoms with Crippen molar-refractivity contribution >= 4 is 23.5 Å². The molecule has 6 nitrogen and oxygen atoms in total.